The van der Waals surface area contributed by atoms with Gasteiger partial charge in [-0.25, -0.2) is 17.6 Å². The molecule has 0 saturated carbocycles. The van der Waals surface area contributed by atoms with E-state index in [-0.39, 0.29) is 28.9 Å². The number of halogens is 4. The minimum absolute atomic E-state index is 0.182. The highest BCUT2D eigenvalue weighted by Crippen LogP contribution is 2.48. The maximum Gasteiger partial charge on any atom is 0.252 e. The van der Waals surface area contributed by atoms with Gasteiger partial charge in [0.2, 0.25) is 0 Å². The third kappa shape index (κ3) is 5.71. The van der Waals surface area contributed by atoms with Gasteiger partial charge in [0.05, 0.1) is 28.1 Å². The largest absolute Gasteiger partial charge is 0.309 e. The van der Waals surface area contributed by atoms with Gasteiger partial charge in [-0.15, -0.1) is 0 Å². The number of hydrogen-bond donors (Lipinski definition) is 0. The summed E-state index contributed by atoms with van der Waals surface area (Å²) >= 11 is 0. The molecule has 8 aromatic rings. The molecule has 0 fully saturated rings. The number of rotatable bonds is 3. The summed E-state index contributed by atoms with van der Waals surface area (Å²) in [5, 5.41) is 2.17. The van der Waals surface area contributed by atoms with Crippen LogP contribution in [-0.4, -0.2) is 11.3 Å². The van der Waals surface area contributed by atoms with Crippen LogP contribution < -0.4 is 26.2 Å². The van der Waals surface area contributed by atoms with Gasteiger partial charge in [0, 0.05) is 45.7 Å². The lowest BCUT2D eigenvalue weighted by molar-refractivity contribution is 0.583. The van der Waals surface area contributed by atoms with Crippen molar-refractivity contribution in [3.05, 3.63) is 167 Å². The second-order valence-corrected chi connectivity index (χ2v) is 18.6. The van der Waals surface area contributed by atoms with Crippen molar-refractivity contribution in [1.29, 1.82) is 0 Å². The van der Waals surface area contributed by atoms with Gasteiger partial charge in [0.25, 0.3) is 6.71 Å². The van der Waals surface area contributed by atoms with Crippen LogP contribution in [0.4, 0.5) is 51.7 Å². The molecule has 0 radical (unpaired) electrons. The molecule has 0 N–H and O–H groups in total. The van der Waals surface area contributed by atoms with Gasteiger partial charge in [-0.3, -0.25) is 0 Å². The second-order valence-electron chi connectivity index (χ2n) is 18.6. The number of hydrogen-bond acceptors (Lipinski definition) is 2. The third-order valence-corrected chi connectivity index (χ3v) is 12.5. The molecule has 3 nitrogen and oxygen atoms in total. The molecule has 2 aliphatic rings. The van der Waals surface area contributed by atoms with Gasteiger partial charge < -0.3 is 14.4 Å². The quantitative estimate of drug-likeness (QED) is 0.130. The van der Waals surface area contributed by atoms with Crippen LogP contribution in [0.3, 0.4) is 0 Å². The Morgan fingerprint density at radius 3 is 1.50 bits per heavy atom. The van der Waals surface area contributed by atoms with E-state index in [0.29, 0.717) is 11.4 Å². The molecular weight excluding hydrogens is 753 g/mol. The molecule has 2 aliphatic heterocycles. The van der Waals surface area contributed by atoms with Crippen LogP contribution in [0.5, 0.6) is 0 Å². The fourth-order valence-corrected chi connectivity index (χ4v) is 9.52. The van der Waals surface area contributed by atoms with E-state index in [2.05, 4.69) is 145 Å². The van der Waals surface area contributed by atoms with E-state index in [1.54, 1.807) is 0 Å². The van der Waals surface area contributed by atoms with Crippen molar-refractivity contribution >= 4 is 79.0 Å². The topological polar surface area (TPSA) is 11.4 Å². The van der Waals surface area contributed by atoms with Gasteiger partial charge in [-0.05, 0) is 118 Å². The summed E-state index contributed by atoms with van der Waals surface area (Å²) in [6.45, 7) is 16.8. The number of aryl methyl sites for hydroxylation is 2. The van der Waals surface area contributed by atoms with Crippen LogP contribution in [-0.2, 0) is 10.8 Å². The van der Waals surface area contributed by atoms with Gasteiger partial charge in [-0.1, -0.05) is 95.6 Å². The van der Waals surface area contributed by atoms with E-state index in [1.165, 1.54) is 24.3 Å². The first kappa shape index (κ1) is 38.0. The first-order valence-electron chi connectivity index (χ1n) is 20.5. The average Bonchev–Trinajstić information content (AvgIpc) is 3.52. The predicted octanol–water partition coefficient (Wildman–Crippen LogP) is 12.6. The van der Waals surface area contributed by atoms with E-state index in [9.17, 15) is 8.78 Å². The van der Waals surface area contributed by atoms with Crippen LogP contribution in [0, 0.1) is 37.1 Å². The highest BCUT2D eigenvalue weighted by atomic mass is 19.1. The molecule has 7 aromatic carbocycles. The molecule has 60 heavy (non-hydrogen) atoms. The van der Waals surface area contributed by atoms with Crippen LogP contribution in [0.1, 0.15) is 63.8 Å². The van der Waals surface area contributed by atoms with E-state index in [0.717, 1.165) is 89.6 Å². The first-order chi connectivity index (χ1) is 28.5. The molecule has 0 saturated heterocycles. The minimum Gasteiger partial charge on any atom is -0.309 e. The van der Waals surface area contributed by atoms with E-state index < -0.39 is 23.3 Å². The van der Waals surface area contributed by atoms with Crippen molar-refractivity contribution in [1.82, 2.24) is 4.57 Å². The van der Waals surface area contributed by atoms with E-state index in [1.807, 2.05) is 9.80 Å². The molecule has 0 aliphatic carbocycles. The van der Waals surface area contributed by atoms with Gasteiger partial charge >= 0.3 is 0 Å². The van der Waals surface area contributed by atoms with Crippen molar-refractivity contribution in [3.8, 4) is 5.69 Å². The van der Waals surface area contributed by atoms with Crippen molar-refractivity contribution in [3.63, 3.8) is 0 Å². The first-order valence-corrected chi connectivity index (χ1v) is 20.5. The number of fused-ring (bicyclic) bond motifs is 7. The highest BCUT2D eigenvalue weighted by molar-refractivity contribution is 7.00. The summed E-state index contributed by atoms with van der Waals surface area (Å²) in [5.74, 6) is -2.78. The maximum absolute atomic E-state index is 16.5. The minimum atomic E-state index is -0.714. The Hall–Kier alpha value is -6.28. The number of nitrogens with zero attached hydrogens (tertiary/aromatic N) is 3. The SMILES string of the molecule is Cc1ccc2c(c1)c1cccc(C)c1n2-c1cc2c3c(c1)N(c1ccc(F)cc1F)c1ccc(C(C)(C)C)cc1B3c1cc(C(C)(C)C)ccc1N2c1ccc(F)cc1F. The summed E-state index contributed by atoms with van der Waals surface area (Å²) in [6, 6.07) is 37.0. The van der Waals surface area contributed by atoms with Crippen molar-refractivity contribution in [2.45, 2.75) is 66.2 Å². The van der Waals surface area contributed by atoms with Crippen LogP contribution >= 0.6 is 0 Å². The Morgan fingerprint density at radius 1 is 0.483 bits per heavy atom. The van der Waals surface area contributed by atoms with Crippen molar-refractivity contribution in [2.75, 3.05) is 9.80 Å². The summed E-state index contributed by atoms with van der Waals surface area (Å²) in [5.41, 5.74) is 12.6. The smallest absolute Gasteiger partial charge is 0.252 e. The highest BCUT2D eigenvalue weighted by Gasteiger charge is 2.45. The Bertz CT molecular complexity index is 2970. The maximum atomic E-state index is 16.5. The van der Waals surface area contributed by atoms with Crippen molar-refractivity contribution in [2.24, 2.45) is 0 Å². The molecule has 0 spiro atoms. The van der Waals surface area contributed by atoms with Crippen LogP contribution in [0.25, 0.3) is 27.5 Å². The number of anilines is 6. The average molecular weight is 798 g/mol. The van der Waals surface area contributed by atoms with Gasteiger partial charge in [0.1, 0.15) is 23.3 Å². The van der Waals surface area contributed by atoms with E-state index in [4.69, 9.17) is 0 Å². The zero-order valence-electron chi connectivity index (χ0n) is 35.0. The van der Waals surface area contributed by atoms with Gasteiger partial charge in [-0.2, -0.15) is 0 Å². The Morgan fingerprint density at radius 2 is 1.00 bits per heavy atom. The monoisotopic (exact) mass is 797 g/mol. The fourth-order valence-electron chi connectivity index (χ4n) is 9.52. The number of benzene rings is 7. The van der Waals surface area contributed by atoms with E-state index >= 15 is 8.78 Å². The molecule has 298 valence electrons. The predicted molar refractivity (Wildman–Crippen MR) is 242 cm³/mol. The fraction of sp³-hybridized carbons (Fsp3) is 0.192. The van der Waals surface area contributed by atoms with Gasteiger partial charge in [0.15, 0.2) is 0 Å². The third-order valence-electron chi connectivity index (χ3n) is 12.5. The lowest BCUT2D eigenvalue weighted by atomic mass is 9.33. The number of para-hydroxylation sites is 1. The molecule has 10 rings (SSSR count). The molecule has 0 atom stereocenters. The molecule has 0 amide bonds. The standard InChI is InChI=1S/C52H44BF4N3/c1-29-12-17-42-37(22-29)36-11-9-10-30(2)50(36)58(42)35-27-47-49-48(28-35)60(46-21-16-34(55)26-41(46)57)44-19-14-32(52(6,7)8)24-39(44)53(49)38-23-31(51(3,4)5)13-18-43(38)59(47)45-20-15-33(54)25-40(45)56/h9-28H,1-8H3. The molecule has 0 unspecified atom stereocenters. The summed E-state index contributed by atoms with van der Waals surface area (Å²) in [4.78, 5) is 3.80. The molecule has 3 heterocycles. The lowest BCUT2D eigenvalue weighted by Crippen LogP contribution is -2.61. The molecule has 8 heteroatoms. The zero-order chi connectivity index (χ0) is 42.2. The zero-order valence-corrected chi connectivity index (χ0v) is 35.0. The Kier molecular flexibility index (Phi) is 8.30. The Labute approximate surface area is 348 Å². The normalized spacial score (nSPS) is 13.6. The lowest BCUT2D eigenvalue weighted by Gasteiger charge is -2.45. The number of aromatic nitrogens is 1. The molecular formula is C52H44BF4N3. The summed E-state index contributed by atoms with van der Waals surface area (Å²) in [7, 11) is 0. The summed E-state index contributed by atoms with van der Waals surface area (Å²) in [6.07, 6.45) is 0. The Balaban J connectivity index is 1.41. The molecule has 1 aromatic heterocycles. The second kappa shape index (κ2) is 13.1. The van der Waals surface area contributed by atoms with Crippen molar-refractivity contribution < 1.29 is 17.6 Å². The van der Waals surface area contributed by atoms with Crippen LogP contribution in [0.2, 0.25) is 0 Å². The molecule has 0 bridgehead atoms. The van der Waals surface area contributed by atoms with Crippen LogP contribution in [0.15, 0.2) is 121 Å². The summed E-state index contributed by atoms with van der Waals surface area (Å²) < 4.78 is 64.8.